The number of amides is 2. The molecule has 5 nitrogen and oxygen atoms in total. The second-order valence-electron chi connectivity index (χ2n) is 3.90. The summed E-state index contributed by atoms with van der Waals surface area (Å²) in [5, 5.41) is 12.8. The van der Waals surface area contributed by atoms with Crippen molar-refractivity contribution in [2.75, 3.05) is 0 Å². The van der Waals surface area contributed by atoms with E-state index < -0.39 is 17.6 Å². The van der Waals surface area contributed by atoms with Crippen LogP contribution in [0.5, 0.6) is 0 Å². The predicted octanol–water partition coefficient (Wildman–Crippen LogP) is 1.75. The number of carbonyl (C=O) groups excluding carboxylic acids is 2. The number of aliphatic hydroxyl groups excluding tert-OH is 1. The molecule has 0 atom stereocenters. The van der Waals surface area contributed by atoms with Crippen molar-refractivity contribution < 1.29 is 14.7 Å². The van der Waals surface area contributed by atoms with Gasteiger partial charge in [0.2, 0.25) is 0 Å². The average molecular weight is 263 g/mol. The Labute approximate surface area is 106 Å². The number of fused-ring (bicyclic) bond motifs is 1. The van der Waals surface area contributed by atoms with Crippen LogP contribution in [0.15, 0.2) is 30.2 Å². The van der Waals surface area contributed by atoms with Crippen LogP contribution in [-0.4, -0.2) is 21.9 Å². The van der Waals surface area contributed by atoms with Gasteiger partial charge in [-0.15, -0.1) is 0 Å². The molecule has 1 aromatic carbocycles. The topological polar surface area (TPSA) is 82.2 Å². The highest BCUT2D eigenvalue weighted by Gasteiger charge is 2.32. The number of hydrogen-bond acceptors (Lipinski definition) is 3. The fourth-order valence-electron chi connectivity index (χ4n) is 2.00. The molecule has 0 bridgehead atoms. The van der Waals surface area contributed by atoms with Crippen LogP contribution in [0.25, 0.3) is 16.5 Å². The van der Waals surface area contributed by atoms with Gasteiger partial charge in [-0.2, -0.15) is 0 Å². The summed E-state index contributed by atoms with van der Waals surface area (Å²) in [6, 6.07) is 5.13. The van der Waals surface area contributed by atoms with E-state index in [1.54, 1.807) is 24.4 Å². The molecule has 3 N–H and O–H groups in total. The first kappa shape index (κ1) is 10.9. The second kappa shape index (κ2) is 3.61. The van der Waals surface area contributed by atoms with Gasteiger partial charge in [-0.25, -0.2) is 0 Å². The molecule has 3 rings (SSSR count). The van der Waals surface area contributed by atoms with Gasteiger partial charge in [0, 0.05) is 27.7 Å². The fraction of sp³-hybridized carbons (Fsp3) is 0. The molecule has 0 unspecified atom stereocenters. The number of hydrogen-bond donors (Lipinski definition) is 3. The molecule has 1 aliphatic rings. The van der Waals surface area contributed by atoms with Crippen molar-refractivity contribution in [3.8, 4) is 0 Å². The van der Waals surface area contributed by atoms with E-state index in [0.717, 1.165) is 5.52 Å². The Kier molecular flexibility index (Phi) is 2.18. The highest BCUT2D eigenvalue weighted by Crippen LogP contribution is 2.30. The van der Waals surface area contributed by atoms with Gasteiger partial charge in [-0.1, -0.05) is 11.6 Å². The maximum Gasteiger partial charge on any atom is 0.293 e. The molecule has 0 aliphatic carbocycles. The number of carbonyl (C=O) groups is 2. The van der Waals surface area contributed by atoms with Crippen LogP contribution in [0.4, 0.5) is 0 Å². The molecular weight excluding hydrogens is 256 g/mol. The number of nitrogens with one attached hydrogen (secondary N) is 2. The second-order valence-corrected chi connectivity index (χ2v) is 4.34. The highest BCUT2D eigenvalue weighted by molar-refractivity contribution is 6.37. The Bertz CT molecular complexity index is 730. The number of H-pyrrole nitrogens is 1. The number of rotatable bonds is 1. The summed E-state index contributed by atoms with van der Waals surface area (Å²) < 4.78 is 0. The largest absolute Gasteiger partial charge is 0.502 e. The van der Waals surface area contributed by atoms with Gasteiger partial charge in [0.25, 0.3) is 11.8 Å². The summed E-state index contributed by atoms with van der Waals surface area (Å²) in [6.45, 7) is 0. The van der Waals surface area contributed by atoms with E-state index in [-0.39, 0.29) is 5.57 Å². The lowest BCUT2D eigenvalue weighted by molar-refractivity contribution is -0.124. The normalized spacial score (nSPS) is 15.6. The average Bonchev–Trinajstić information content (AvgIpc) is 2.82. The van der Waals surface area contributed by atoms with Crippen LogP contribution in [0, 0.1) is 0 Å². The van der Waals surface area contributed by atoms with Crippen LogP contribution in [-0.2, 0) is 9.59 Å². The first-order valence-corrected chi connectivity index (χ1v) is 5.51. The minimum absolute atomic E-state index is 0.0338. The smallest absolute Gasteiger partial charge is 0.293 e. The lowest BCUT2D eigenvalue weighted by Gasteiger charge is -1.98. The van der Waals surface area contributed by atoms with Crippen LogP contribution in [0.1, 0.15) is 5.56 Å². The molecule has 0 radical (unpaired) electrons. The van der Waals surface area contributed by atoms with Crippen molar-refractivity contribution >= 4 is 39.9 Å². The molecule has 0 fully saturated rings. The summed E-state index contributed by atoms with van der Waals surface area (Å²) in [4.78, 5) is 25.8. The third kappa shape index (κ3) is 1.41. The summed E-state index contributed by atoms with van der Waals surface area (Å²) in [5.41, 5.74) is 1.18. The van der Waals surface area contributed by atoms with Gasteiger partial charge in [-0.3, -0.25) is 14.9 Å². The predicted molar refractivity (Wildman–Crippen MR) is 66.0 cm³/mol. The molecular formula is C12H7ClN2O3. The minimum atomic E-state index is -0.786. The van der Waals surface area contributed by atoms with Gasteiger partial charge in [0.05, 0.1) is 5.57 Å². The van der Waals surface area contributed by atoms with Crippen molar-refractivity contribution in [2.24, 2.45) is 0 Å². The minimum Gasteiger partial charge on any atom is -0.502 e. The number of aliphatic hydroxyl groups is 1. The Hall–Kier alpha value is -2.27. The summed E-state index contributed by atoms with van der Waals surface area (Å²) in [6.07, 6.45) is 1.56. The monoisotopic (exact) mass is 262 g/mol. The van der Waals surface area contributed by atoms with E-state index in [9.17, 15) is 14.7 Å². The third-order valence-electron chi connectivity index (χ3n) is 2.82. The van der Waals surface area contributed by atoms with Crippen molar-refractivity contribution in [1.29, 1.82) is 0 Å². The van der Waals surface area contributed by atoms with Gasteiger partial charge in [0.15, 0.2) is 5.76 Å². The van der Waals surface area contributed by atoms with Crippen molar-refractivity contribution in [2.45, 2.75) is 0 Å². The molecule has 90 valence electrons. The zero-order valence-corrected chi connectivity index (χ0v) is 9.71. The zero-order valence-electron chi connectivity index (χ0n) is 8.95. The Morgan fingerprint density at radius 3 is 2.61 bits per heavy atom. The van der Waals surface area contributed by atoms with E-state index in [1.807, 2.05) is 5.32 Å². The summed E-state index contributed by atoms with van der Waals surface area (Å²) >= 11 is 5.90. The lowest BCUT2D eigenvalue weighted by Crippen LogP contribution is -2.22. The third-order valence-corrected chi connectivity index (χ3v) is 3.05. The molecule has 1 aromatic heterocycles. The Morgan fingerprint density at radius 2 is 1.94 bits per heavy atom. The van der Waals surface area contributed by atoms with Crippen LogP contribution in [0.3, 0.4) is 0 Å². The standard InChI is InChI=1S/C12H7ClN2O3/c13-5-1-2-8-6(3-5)7(4-14-8)9-10(16)12(18)15-11(9)17/h1-4,14H,(H2,15,16,17,18). The van der Waals surface area contributed by atoms with E-state index >= 15 is 0 Å². The van der Waals surface area contributed by atoms with Gasteiger partial charge in [-0.05, 0) is 18.2 Å². The fourth-order valence-corrected chi connectivity index (χ4v) is 2.17. The molecule has 2 aromatic rings. The molecule has 0 saturated carbocycles. The number of halogens is 1. The molecule has 0 saturated heterocycles. The number of benzene rings is 1. The van der Waals surface area contributed by atoms with Gasteiger partial charge < -0.3 is 10.1 Å². The van der Waals surface area contributed by atoms with Crippen molar-refractivity contribution in [1.82, 2.24) is 10.3 Å². The van der Waals surface area contributed by atoms with Crippen molar-refractivity contribution in [3.63, 3.8) is 0 Å². The number of aromatic amines is 1. The molecule has 2 amide bonds. The molecule has 1 aliphatic heterocycles. The van der Waals surface area contributed by atoms with E-state index in [2.05, 4.69) is 4.98 Å². The highest BCUT2D eigenvalue weighted by atomic mass is 35.5. The van der Waals surface area contributed by atoms with Gasteiger partial charge >= 0.3 is 0 Å². The Balaban J connectivity index is 2.30. The maximum absolute atomic E-state index is 11.6. The molecule has 0 spiro atoms. The van der Waals surface area contributed by atoms with E-state index in [1.165, 1.54) is 0 Å². The first-order valence-electron chi connectivity index (χ1n) is 5.14. The van der Waals surface area contributed by atoms with Crippen LogP contribution in [0.2, 0.25) is 5.02 Å². The number of imide groups is 1. The van der Waals surface area contributed by atoms with Gasteiger partial charge in [0.1, 0.15) is 0 Å². The summed E-state index contributed by atoms with van der Waals surface area (Å²) in [7, 11) is 0. The van der Waals surface area contributed by atoms with Crippen LogP contribution >= 0.6 is 11.6 Å². The molecule has 2 heterocycles. The van der Waals surface area contributed by atoms with E-state index in [0.29, 0.717) is 16.0 Å². The van der Waals surface area contributed by atoms with Crippen molar-refractivity contribution in [3.05, 3.63) is 40.7 Å². The number of aromatic nitrogens is 1. The van der Waals surface area contributed by atoms with Crippen LogP contribution < -0.4 is 5.32 Å². The maximum atomic E-state index is 11.6. The Morgan fingerprint density at radius 1 is 1.17 bits per heavy atom. The molecule has 18 heavy (non-hydrogen) atoms. The summed E-state index contributed by atoms with van der Waals surface area (Å²) in [5.74, 6) is -1.97. The first-order chi connectivity index (χ1) is 8.58. The van der Waals surface area contributed by atoms with E-state index in [4.69, 9.17) is 11.6 Å². The zero-order chi connectivity index (χ0) is 12.9. The quantitative estimate of drug-likeness (QED) is 0.685. The molecule has 6 heteroatoms. The SMILES string of the molecule is O=C1NC(=O)C(c2c[nH]c3ccc(Cl)cc23)=C1O. The lowest BCUT2D eigenvalue weighted by atomic mass is 10.0.